The predicted molar refractivity (Wildman–Crippen MR) is 95.2 cm³/mol. The van der Waals surface area contributed by atoms with Gasteiger partial charge in [-0.2, -0.15) is 0 Å². The maximum atomic E-state index is 12.5. The van der Waals surface area contributed by atoms with Gasteiger partial charge in [-0.1, -0.05) is 0 Å². The van der Waals surface area contributed by atoms with Crippen LogP contribution in [0.3, 0.4) is 0 Å². The van der Waals surface area contributed by atoms with Crippen molar-refractivity contribution in [2.75, 3.05) is 18.0 Å². The second kappa shape index (κ2) is 7.43. The number of amides is 1. The molecule has 3 aromatic heterocycles. The molecule has 4 heterocycles. The largest absolute Gasteiger partial charge is 0.467 e. The molecule has 1 atom stereocenters. The fourth-order valence-corrected chi connectivity index (χ4v) is 3.18. The molecule has 1 aliphatic rings. The minimum atomic E-state index is -0.0646. The lowest BCUT2D eigenvalue weighted by molar-refractivity contribution is -0.125. The summed E-state index contributed by atoms with van der Waals surface area (Å²) in [6, 6.07) is 11.2. The molecule has 1 amide bonds. The molecular formula is C19H20N4O3. The minimum Gasteiger partial charge on any atom is -0.467 e. The van der Waals surface area contributed by atoms with Crippen molar-refractivity contribution in [1.29, 1.82) is 0 Å². The van der Waals surface area contributed by atoms with E-state index in [2.05, 4.69) is 20.4 Å². The van der Waals surface area contributed by atoms with Gasteiger partial charge in [0.05, 0.1) is 25.0 Å². The van der Waals surface area contributed by atoms with Gasteiger partial charge in [0, 0.05) is 13.1 Å². The average molecular weight is 352 g/mol. The number of furan rings is 2. The van der Waals surface area contributed by atoms with Gasteiger partial charge in [-0.25, -0.2) is 0 Å². The topological polar surface area (TPSA) is 84.4 Å². The Morgan fingerprint density at radius 1 is 1.15 bits per heavy atom. The van der Waals surface area contributed by atoms with E-state index in [1.54, 1.807) is 12.5 Å². The second-order valence-electron chi connectivity index (χ2n) is 6.34. The van der Waals surface area contributed by atoms with E-state index in [1.165, 1.54) is 0 Å². The van der Waals surface area contributed by atoms with Crippen LogP contribution in [0, 0.1) is 5.92 Å². The number of nitrogens with zero attached hydrogens (tertiary/aromatic N) is 3. The maximum Gasteiger partial charge on any atom is 0.225 e. The maximum absolute atomic E-state index is 12.5. The molecular weight excluding hydrogens is 332 g/mol. The molecule has 1 unspecified atom stereocenters. The first-order chi connectivity index (χ1) is 12.8. The van der Waals surface area contributed by atoms with Gasteiger partial charge >= 0.3 is 0 Å². The molecule has 0 aromatic carbocycles. The number of piperidine rings is 1. The van der Waals surface area contributed by atoms with E-state index in [0.717, 1.165) is 31.0 Å². The number of aromatic nitrogens is 2. The number of carbonyl (C=O) groups is 1. The van der Waals surface area contributed by atoms with E-state index in [1.807, 2.05) is 36.4 Å². The van der Waals surface area contributed by atoms with Crippen molar-refractivity contribution in [2.45, 2.75) is 19.4 Å². The Hall–Kier alpha value is -3.09. The van der Waals surface area contributed by atoms with Crippen molar-refractivity contribution in [3.8, 4) is 11.5 Å². The van der Waals surface area contributed by atoms with Gasteiger partial charge in [0.2, 0.25) is 5.91 Å². The molecule has 0 saturated carbocycles. The first kappa shape index (κ1) is 16.4. The number of anilines is 1. The fourth-order valence-electron chi connectivity index (χ4n) is 3.18. The van der Waals surface area contributed by atoms with Crippen LogP contribution in [-0.2, 0) is 11.3 Å². The molecule has 7 nitrogen and oxygen atoms in total. The average Bonchev–Trinajstić information content (AvgIpc) is 3.40. The zero-order chi connectivity index (χ0) is 17.8. The molecule has 1 fully saturated rings. The van der Waals surface area contributed by atoms with Gasteiger partial charge in [0.15, 0.2) is 11.6 Å². The highest BCUT2D eigenvalue weighted by atomic mass is 16.3. The quantitative estimate of drug-likeness (QED) is 0.760. The summed E-state index contributed by atoms with van der Waals surface area (Å²) in [5.41, 5.74) is 0.698. The SMILES string of the molecule is O=C(NCc1ccco1)C1CCCN(c2ccc(-c3ccco3)nn2)C1. The normalized spacial score (nSPS) is 17.2. The van der Waals surface area contributed by atoms with E-state index >= 15 is 0 Å². The van der Waals surface area contributed by atoms with Gasteiger partial charge in [-0.05, 0) is 49.2 Å². The summed E-state index contributed by atoms with van der Waals surface area (Å²) in [7, 11) is 0. The van der Waals surface area contributed by atoms with Gasteiger partial charge < -0.3 is 19.1 Å². The molecule has 26 heavy (non-hydrogen) atoms. The molecule has 1 saturated heterocycles. The summed E-state index contributed by atoms with van der Waals surface area (Å²) in [6.07, 6.45) is 5.04. The number of carbonyl (C=O) groups excluding carboxylic acids is 1. The lowest BCUT2D eigenvalue weighted by atomic mass is 9.97. The first-order valence-corrected chi connectivity index (χ1v) is 8.72. The Bertz CT molecular complexity index is 828. The minimum absolute atomic E-state index is 0.0475. The van der Waals surface area contributed by atoms with Crippen molar-refractivity contribution in [1.82, 2.24) is 15.5 Å². The van der Waals surface area contributed by atoms with Gasteiger partial charge in [0.25, 0.3) is 0 Å². The summed E-state index contributed by atoms with van der Waals surface area (Å²) in [5, 5.41) is 11.5. The summed E-state index contributed by atoms with van der Waals surface area (Å²) >= 11 is 0. The number of nitrogens with one attached hydrogen (secondary N) is 1. The summed E-state index contributed by atoms with van der Waals surface area (Å²) in [5.74, 6) is 2.21. The zero-order valence-electron chi connectivity index (χ0n) is 14.3. The third-order valence-electron chi connectivity index (χ3n) is 4.56. The molecule has 0 radical (unpaired) electrons. The van der Waals surface area contributed by atoms with Crippen LogP contribution < -0.4 is 10.2 Å². The summed E-state index contributed by atoms with van der Waals surface area (Å²) in [4.78, 5) is 14.6. The monoisotopic (exact) mass is 352 g/mol. The Morgan fingerprint density at radius 2 is 2.04 bits per heavy atom. The lowest BCUT2D eigenvalue weighted by Crippen LogP contribution is -2.43. The van der Waals surface area contributed by atoms with Crippen LogP contribution in [-0.4, -0.2) is 29.2 Å². The third kappa shape index (κ3) is 3.61. The van der Waals surface area contributed by atoms with Gasteiger partial charge in [0.1, 0.15) is 11.5 Å². The number of rotatable bonds is 5. The predicted octanol–water partition coefficient (Wildman–Crippen LogP) is 2.86. The van der Waals surface area contributed by atoms with E-state index in [0.29, 0.717) is 24.5 Å². The Kier molecular flexibility index (Phi) is 4.68. The van der Waals surface area contributed by atoms with Crippen molar-refractivity contribution in [2.24, 2.45) is 5.92 Å². The smallest absolute Gasteiger partial charge is 0.225 e. The Labute approximate surface area is 151 Å². The van der Waals surface area contributed by atoms with Crippen LogP contribution in [0.25, 0.3) is 11.5 Å². The summed E-state index contributed by atoms with van der Waals surface area (Å²) < 4.78 is 10.6. The highest BCUT2D eigenvalue weighted by Gasteiger charge is 2.26. The fraction of sp³-hybridized carbons (Fsp3) is 0.316. The van der Waals surface area contributed by atoms with Crippen molar-refractivity contribution < 1.29 is 13.6 Å². The molecule has 1 N–H and O–H groups in total. The van der Waals surface area contributed by atoms with Crippen LogP contribution in [0.5, 0.6) is 0 Å². The molecule has 1 aliphatic heterocycles. The molecule has 0 bridgehead atoms. The van der Waals surface area contributed by atoms with E-state index in [-0.39, 0.29) is 11.8 Å². The van der Waals surface area contributed by atoms with Crippen LogP contribution in [0.15, 0.2) is 57.8 Å². The van der Waals surface area contributed by atoms with E-state index in [4.69, 9.17) is 8.83 Å². The van der Waals surface area contributed by atoms with E-state index in [9.17, 15) is 4.79 Å². The molecule has 0 spiro atoms. The summed E-state index contributed by atoms with van der Waals surface area (Å²) in [6.45, 7) is 1.93. The zero-order valence-corrected chi connectivity index (χ0v) is 14.3. The Morgan fingerprint density at radius 3 is 2.77 bits per heavy atom. The van der Waals surface area contributed by atoms with Gasteiger partial charge in [-0.15, -0.1) is 10.2 Å². The van der Waals surface area contributed by atoms with Crippen molar-refractivity contribution >= 4 is 11.7 Å². The molecule has 0 aliphatic carbocycles. The van der Waals surface area contributed by atoms with Crippen LogP contribution in [0.2, 0.25) is 0 Å². The number of hydrogen-bond donors (Lipinski definition) is 1. The highest BCUT2D eigenvalue weighted by Crippen LogP contribution is 2.23. The van der Waals surface area contributed by atoms with E-state index < -0.39 is 0 Å². The molecule has 3 aromatic rings. The molecule has 7 heteroatoms. The number of hydrogen-bond acceptors (Lipinski definition) is 6. The Balaban J connectivity index is 1.37. The van der Waals surface area contributed by atoms with Crippen molar-refractivity contribution in [3.63, 3.8) is 0 Å². The first-order valence-electron chi connectivity index (χ1n) is 8.72. The van der Waals surface area contributed by atoms with Gasteiger partial charge in [-0.3, -0.25) is 4.79 Å². The highest BCUT2D eigenvalue weighted by molar-refractivity contribution is 5.79. The second-order valence-corrected chi connectivity index (χ2v) is 6.34. The molecule has 4 rings (SSSR count). The third-order valence-corrected chi connectivity index (χ3v) is 4.56. The van der Waals surface area contributed by atoms with Crippen LogP contribution in [0.4, 0.5) is 5.82 Å². The molecule has 134 valence electrons. The van der Waals surface area contributed by atoms with Crippen LogP contribution >= 0.6 is 0 Å². The van der Waals surface area contributed by atoms with Crippen LogP contribution in [0.1, 0.15) is 18.6 Å². The standard InChI is InChI=1S/C19H20N4O3/c24-19(20-12-15-5-2-10-25-15)14-4-1-9-23(13-14)18-8-7-16(21-22-18)17-6-3-11-26-17/h2-3,5-8,10-11,14H,1,4,9,12-13H2,(H,20,24). The van der Waals surface area contributed by atoms with Crippen molar-refractivity contribution in [3.05, 3.63) is 54.7 Å². The lowest BCUT2D eigenvalue weighted by Gasteiger charge is -2.32.